The molecule has 9 heteroatoms. The topological polar surface area (TPSA) is 114 Å². The zero-order valence-electron chi connectivity index (χ0n) is 28.4. The van der Waals surface area contributed by atoms with Crippen molar-refractivity contribution in [3.05, 3.63) is 60.8 Å². The van der Waals surface area contributed by atoms with Gasteiger partial charge >= 0.3 is 263 Å². The number of unbranched alkanes of at least 4 members (excludes halogenated alkanes) is 10. The molecule has 1 aliphatic rings. The normalized spacial score (nSPS) is 14.5. The van der Waals surface area contributed by atoms with Crippen LogP contribution in [0.25, 0.3) is 11.1 Å². The molecule has 0 spiro atoms. The molecule has 0 saturated heterocycles. The molecule has 3 heterocycles. The van der Waals surface area contributed by atoms with Crippen LogP contribution in [0.3, 0.4) is 0 Å². The van der Waals surface area contributed by atoms with Crippen LogP contribution in [-0.4, -0.2) is 55.4 Å². The predicted octanol–water partition coefficient (Wildman–Crippen LogP) is 6.67. The number of ether oxygens (including phenoxy) is 2. The Balaban J connectivity index is 1.72. The number of thiophene rings is 1. The molecule has 0 saturated carbocycles. The molecule has 1 aliphatic carbocycles. The van der Waals surface area contributed by atoms with Gasteiger partial charge in [0.15, 0.2) is 0 Å². The van der Waals surface area contributed by atoms with E-state index in [4.69, 9.17) is 9.47 Å². The molecule has 6 nitrogen and oxygen atoms in total. The second kappa shape index (κ2) is 20.1. The molecule has 3 aromatic rings. The van der Waals surface area contributed by atoms with Crippen LogP contribution in [0, 0.1) is 68.0 Å². The summed E-state index contributed by atoms with van der Waals surface area (Å²) >= 11 is 1.53. The first kappa shape index (κ1) is 38.1. The minimum absolute atomic E-state index is 0.133. The van der Waals surface area contributed by atoms with E-state index in [1.807, 2.05) is 12.1 Å². The molecule has 0 fully saturated rings. The van der Waals surface area contributed by atoms with Gasteiger partial charge in [0.1, 0.15) is 0 Å². The monoisotopic (exact) mass is 794 g/mol. The molecular weight excluding hydrogens is 746 g/mol. The zero-order chi connectivity index (χ0) is 34.2. The van der Waals surface area contributed by atoms with E-state index in [2.05, 4.69) is 50.3 Å². The quantitative estimate of drug-likeness (QED) is 0.105. The third-order valence-corrected chi connectivity index (χ3v) is 15.5. The van der Waals surface area contributed by atoms with E-state index in [1.54, 1.807) is 11.3 Å². The van der Waals surface area contributed by atoms with Gasteiger partial charge in [-0.15, -0.1) is 0 Å². The van der Waals surface area contributed by atoms with Crippen molar-refractivity contribution < 1.29 is 9.47 Å². The summed E-state index contributed by atoms with van der Waals surface area (Å²) in [5.74, 6) is 0. The molecule has 0 radical (unpaired) electrons. The summed E-state index contributed by atoms with van der Waals surface area (Å²) in [6, 6.07) is 16.4. The van der Waals surface area contributed by atoms with Crippen LogP contribution in [0.5, 0.6) is 0 Å². The molecule has 3 aromatic heterocycles. The first-order valence-electron chi connectivity index (χ1n) is 17.4. The van der Waals surface area contributed by atoms with E-state index in [0.717, 1.165) is 47.1 Å². The van der Waals surface area contributed by atoms with Crippen LogP contribution in [0.2, 0.25) is 0 Å². The van der Waals surface area contributed by atoms with Gasteiger partial charge in [0.05, 0.1) is 0 Å². The van der Waals surface area contributed by atoms with Crippen molar-refractivity contribution in [3.63, 3.8) is 0 Å². The summed E-state index contributed by atoms with van der Waals surface area (Å²) in [5, 5.41) is 38.1. The Bertz CT molecular complexity index is 1820. The number of nitrogens with zero attached hydrogens (tertiary/aromatic N) is 4. The van der Waals surface area contributed by atoms with Gasteiger partial charge in [0.2, 0.25) is 0 Å². The van der Waals surface area contributed by atoms with Gasteiger partial charge in [-0.1, -0.05) is 39.5 Å². The molecule has 0 bridgehead atoms. The molecule has 0 unspecified atom stereocenters. The van der Waals surface area contributed by atoms with E-state index in [1.165, 1.54) is 92.6 Å². The van der Waals surface area contributed by atoms with Gasteiger partial charge in [0, 0.05) is 0 Å². The number of fused-ring (bicyclic) bond motifs is 1. The van der Waals surface area contributed by atoms with Crippen LogP contribution < -0.4 is 8.19 Å². The summed E-state index contributed by atoms with van der Waals surface area (Å²) in [6.45, 7) is 7.33. The van der Waals surface area contributed by atoms with E-state index in [-0.39, 0.29) is 45.6 Å². The van der Waals surface area contributed by atoms with Gasteiger partial charge in [-0.3, -0.25) is 0 Å². The second-order valence-corrected chi connectivity index (χ2v) is 18.3. The minimum atomic E-state index is -0.162. The Morgan fingerprint density at radius 2 is 1.02 bits per heavy atom. The van der Waals surface area contributed by atoms with Gasteiger partial charge in [-0.25, -0.2) is 0 Å². The van der Waals surface area contributed by atoms with E-state index in [0.29, 0.717) is 13.2 Å². The number of hydrogen-bond donors (Lipinski definition) is 0. The van der Waals surface area contributed by atoms with Crippen LogP contribution in [0.15, 0.2) is 24.3 Å². The molecule has 48 heavy (non-hydrogen) atoms. The molecule has 0 amide bonds. The maximum absolute atomic E-state index is 9.53. The SMILES string of the molecule is CCCCCCCCOCC1(COCCCCCCCC)Cc2c(/c(=c3/ccc(=C(C#N)C#N)[se]3)s/c2=c2/ccc(=C(C#N)C#N)[se]2)C1. The van der Waals surface area contributed by atoms with Crippen molar-refractivity contribution in [3.8, 4) is 24.3 Å². The maximum atomic E-state index is 9.53. The summed E-state index contributed by atoms with van der Waals surface area (Å²) < 4.78 is 19.5. The summed E-state index contributed by atoms with van der Waals surface area (Å²) in [6.07, 6.45) is 16.5. The average molecular weight is 793 g/mol. The molecular formula is C39H46N4O2SSe2. The van der Waals surface area contributed by atoms with E-state index >= 15 is 0 Å². The first-order chi connectivity index (χ1) is 23.5. The molecule has 4 rings (SSSR count). The predicted molar refractivity (Wildman–Crippen MR) is 193 cm³/mol. The number of rotatable bonds is 18. The molecule has 0 atom stereocenters. The van der Waals surface area contributed by atoms with Crippen LogP contribution in [0.4, 0.5) is 0 Å². The second-order valence-electron chi connectivity index (χ2n) is 12.7. The van der Waals surface area contributed by atoms with Gasteiger partial charge < -0.3 is 0 Å². The molecule has 0 aromatic carbocycles. The summed E-state index contributed by atoms with van der Waals surface area (Å²) in [5.41, 5.74) is 2.91. The fraction of sp³-hybridized carbons (Fsp3) is 0.538. The summed E-state index contributed by atoms with van der Waals surface area (Å²) in [7, 11) is 0. The Hall–Kier alpha value is -2.68. The number of nitriles is 4. The number of hydrogen-bond acceptors (Lipinski definition) is 7. The van der Waals surface area contributed by atoms with Crippen LogP contribution in [0.1, 0.15) is 102 Å². The molecule has 252 valence electrons. The Labute approximate surface area is 301 Å². The third kappa shape index (κ3) is 10.2. The van der Waals surface area contributed by atoms with Crippen molar-refractivity contribution in [2.24, 2.45) is 5.41 Å². The Morgan fingerprint density at radius 1 is 0.625 bits per heavy atom. The fourth-order valence-electron chi connectivity index (χ4n) is 6.33. The average Bonchev–Trinajstić information content (AvgIpc) is 3.90. The first-order valence-corrected chi connectivity index (χ1v) is 21.6. The van der Waals surface area contributed by atoms with Crippen molar-refractivity contribution in [2.75, 3.05) is 26.4 Å². The third-order valence-electron chi connectivity index (χ3n) is 8.92. The van der Waals surface area contributed by atoms with Gasteiger partial charge in [-0.2, -0.15) is 0 Å². The zero-order valence-corrected chi connectivity index (χ0v) is 32.6. The van der Waals surface area contributed by atoms with Gasteiger partial charge in [-0.05, 0) is 0 Å². The van der Waals surface area contributed by atoms with E-state index < -0.39 is 0 Å². The van der Waals surface area contributed by atoms with Crippen molar-refractivity contribution >= 4 is 51.5 Å². The van der Waals surface area contributed by atoms with Crippen molar-refractivity contribution in [1.82, 2.24) is 0 Å². The van der Waals surface area contributed by atoms with Crippen molar-refractivity contribution in [2.45, 2.75) is 104 Å². The molecule has 0 aliphatic heterocycles. The summed E-state index contributed by atoms with van der Waals surface area (Å²) in [4.78, 5) is 0. The Morgan fingerprint density at radius 3 is 1.42 bits per heavy atom. The fourth-order valence-corrected chi connectivity index (χ4v) is 12.3. The molecule has 0 N–H and O–H groups in total. The van der Waals surface area contributed by atoms with Gasteiger partial charge in [0.25, 0.3) is 0 Å². The van der Waals surface area contributed by atoms with Crippen molar-refractivity contribution in [1.29, 1.82) is 21.0 Å². The van der Waals surface area contributed by atoms with Crippen LogP contribution >= 0.6 is 11.3 Å². The standard InChI is InChI=1S/C39H46N4O2SSe2/c1-3-5-7-9-11-13-19-44-27-39(28-45-20-14-12-10-8-6-4-2)21-31-32(22-39)38(36-18-16-34(48-36)30(25-42)26-43)46-37(31)35-17-15-33(47-35)29(23-40)24-41/h15-18H,3-14,19-22,27-28H2,1-2H3/b37-35-,38-36+. The Kier molecular flexibility index (Phi) is 16.0. The van der Waals surface area contributed by atoms with Crippen LogP contribution in [-0.2, 0) is 22.3 Å². The van der Waals surface area contributed by atoms with E-state index in [9.17, 15) is 21.0 Å².